The van der Waals surface area contributed by atoms with Gasteiger partial charge in [-0.25, -0.2) is 9.78 Å². The van der Waals surface area contributed by atoms with Crippen LogP contribution in [0.3, 0.4) is 0 Å². The summed E-state index contributed by atoms with van der Waals surface area (Å²) < 4.78 is 10.5. The van der Waals surface area contributed by atoms with E-state index in [0.29, 0.717) is 36.1 Å². The largest absolute Gasteiger partial charge is 0.497 e. The summed E-state index contributed by atoms with van der Waals surface area (Å²) in [6.07, 6.45) is 0.989. The number of hydrogen-bond acceptors (Lipinski definition) is 7. The zero-order chi connectivity index (χ0) is 19.8. The van der Waals surface area contributed by atoms with Crippen LogP contribution >= 0.6 is 11.3 Å². The first kappa shape index (κ1) is 21.1. The first-order valence-corrected chi connectivity index (χ1v) is 9.72. The van der Waals surface area contributed by atoms with Crippen LogP contribution in [0.25, 0.3) is 0 Å². The Balaban J connectivity index is 1.96. The van der Waals surface area contributed by atoms with Gasteiger partial charge in [0.25, 0.3) is 0 Å². The van der Waals surface area contributed by atoms with Crippen molar-refractivity contribution in [2.75, 3.05) is 13.7 Å². The van der Waals surface area contributed by atoms with E-state index in [1.165, 1.54) is 0 Å². The van der Waals surface area contributed by atoms with Crippen molar-refractivity contribution in [1.82, 2.24) is 10.3 Å². The summed E-state index contributed by atoms with van der Waals surface area (Å²) in [4.78, 5) is 14.9. The predicted octanol–water partition coefficient (Wildman–Crippen LogP) is 3.25. The van der Waals surface area contributed by atoms with Gasteiger partial charge in [0.15, 0.2) is 12.2 Å². The number of nitrogens with zero attached hydrogens (tertiary/aromatic N) is 1. The van der Waals surface area contributed by atoms with E-state index < -0.39 is 6.10 Å². The molecule has 146 valence electrons. The highest BCUT2D eigenvalue weighted by atomic mass is 32.1. The first-order chi connectivity index (χ1) is 12.9. The molecule has 0 fully saturated rings. The summed E-state index contributed by atoms with van der Waals surface area (Å²) >= 11 is 1.57. The molecule has 2 rings (SSSR count). The van der Waals surface area contributed by atoms with E-state index in [1.54, 1.807) is 30.5 Å². The van der Waals surface area contributed by atoms with Crippen molar-refractivity contribution in [2.45, 2.75) is 45.3 Å². The summed E-state index contributed by atoms with van der Waals surface area (Å²) in [5.41, 5.74) is 1.63. The summed E-state index contributed by atoms with van der Waals surface area (Å²) in [6, 6.07) is 5.56. The summed E-state index contributed by atoms with van der Waals surface area (Å²) in [5.74, 6) is 3.16. The fourth-order valence-corrected chi connectivity index (χ4v) is 3.45. The highest BCUT2D eigenvalue weighted by Gasteiger charge is 2.16. The molecule has 0 radical (unpaired) electrons. The van der Waals surface area contributed by atoms with E-state index in [9.17, 15) is 9.90 Å². The Morgan fingerprint density at radius 1 is 1.37 bits per heavy atom. The first-order valence-electron chi connectivity index (χ1n) is 8.84. The van der Waals surface area contributed by atoms with Crippen molar-refractivity contribution >= 4 is 17.3 Å². The van der Waals surface area contributed by atoms with Crippen molar-refractivity contribution < 1.29 is 19.4 Å². The van der Waals surface area contributed by atoms with Crippen LogP contribution in [-0.2, 0) is 11.2 Å². The van der Waals surface area contributed by atoms with Gasteiger partial charge in [-0.1, -0.05) is 19.9 Å². The van der Waals surface area contributed by atoms with E-state index in [4.69, 9.17) is 9.47 Å². The van der Waals surface area contributed by atoms with E-state index in [1.807, 2.05) is 24.4 Å². The highest BCUT2D eigenvalue weighted by Crippen LogP contribution is 2.26. The maximum Gasteiger partial charge on any atom is 0.174 e. The maximum absolute atomic E-state index is 10.4. The molecule has 2 N–H and O–H groups in total. The molecular weight excluding hydrogens is 364 g/mol. The normalized spacial score (nSPS) is 13.1. The minimum absolute atomic E-state index is 0.0822. The van der Waals surface area contributed by atoms with Crippen LogP contribution in [0.1, 0.15) is 49.1 Å². The molecule has 0 spiro atoms. The molecule has 27 heavy (non-hydrogen) atoms. The predicted molar refractivity (Wildman–Crippen MR) is 106 cm³/mol. The number of aromatic nitrogens is 1. The minimum Gasteiger partial charge on any atom is -0.497 e. The SMILES string of the molecule is COc1ccc(CC(C)NCC(O)c2csc(C(C)C)n2)c(OC=C=O)c1. The van der Waals surface area contributed by atoms with Crippen LogP contribution in [0.4, 0.5) is 0 Å². The molecule has 0 aliphatic heterocycles. The summed E-state index contributed by atoms with van der Waals surface area (Å²) in [5, 5.41) is 16.6. The number of nitrogens with one attached hydrogen (secondary N) is 1. The van der Waals surface area contributed by atoms with Gasteiger partial charge in [-0.15, -0.1) is 11.3 Å². The molecule has 2 atom stereocenters. The smallest absolute Gasteiger partial charge is 0.174 e. The lowest BCUT2D eigenvalue weighted by atomic mass is 10.1. The number of ether oxygens (including phenoxy) is 2. The highest BCUT2D eigenvalue weighted by molar-refractivity contribution is 7.09. The van der Waals surface area contributed by atoms with Gasteiger partial charge in [0.1, 0.15) is 17.6 Å². The summed E-state index contributed by atoms with van der Waals surface area (Å²) in [6.45, 7) is 6.60. The number of methoxy groups -OCH3 is 1. The molecule has 0 amide bonds. The second-order valence-corrected chi connectivity index (χ2v) is 7.51. The van der Waals surface area contributed by atoms with Crippen LogP contribution in [0.15, 0.2) is 29.8 Å². The molecule has 7 heteroatoms. The Hall–Kier alpha value is -2.18. The van der Waals surface area contributed by atoms with Crippen molar-refractivity contribution in [3.05, 3.63) is 46.1 Å². The van der Waals surface area contributed by atoms with Gasteiger partial charge in [-0.2, -0.15) is 0 Å². The lowest BCUT2D eigenvalue weighted by Crippen LogP contribution is -2.32. The van der Waals surface area contributed by atoms with Crippen LogP contribution in [-0.4, -0.2) is 35.7 Å². The van der Waals surface area contributed by atoms with E-state index in [-0.39, 0.29) is 6.04 Å². The fourth-order valence-electron chi connectivity index (χ4n) is 2.57. The molecule has 6 nitrogen and oxygen atoms in total. The Morgan fingerprint density at radius 3 is 2.78 bits per heavy atom. The lowest BCUT2D eigenvalue weighted by Gasteiger charge is -2.18. The zero-order valence-corrected chi connectivity index (χ0v) is 16.9. The number of benzene rings is 1. The molecule has 0 bridgehead atoms. The Labute approximate surface area is 163 Å². The van der Waals surface area contributed by atoms with Crippen LogP contribution in [0, 0.1) is 0 Å². The quantitative estimate of drug-likeness (QED) is 0.479. The average Bonchev–Trinajstić information content (AvgIpc) is 3.16. The van der Waals surface area contributed by atoms with Gasteiger partial charge >= 0.3 is 0 Å². The number of hydrogen-bond donors (Lipinski definition) is 2. The molecule has 1 aromatic carbocycles. The molecule has 0 saturated heterocycles. The van der Waals surface area contributed by atoms with Crippen LogP contribution < -0.4 is 14.8 Å². The van der Waals surface area contributed by atoms with Gasteiger partial charge in [-0.05, 0) is 25.0 Å². The fraction of sp³-hybridized carbons (Fsp3) is 0.450. The lowest BCUT2D eigenvalue weighted by molar-refractivity contribution is 0.166. The van der Waals surface area contributed by atoms with Gasteiger partial charge in [0.05, 0.1) is 17.8 Å². The Bertz CT molecular complexity index is 784. The number of carbonyl (C=O) groups excluding carboxylic acids is 1. The van der Waals surface area contributed by atoms with Crippen molar-refractivity contribution in [1.29, 1.82) is 0 Å². The second-order valence-electron chi connectivity index (χ2n) is 6.62. The molecule has 2 unspecified atom stereocenters. The van der Waals surface area contributed by atoms with Crippen molar-refractivity contribution in [3.8, 4) is 11.5 Å². The van der Waals surface area contributed by atoms with Gasteiger partial charge < -0.3 is 19.9 Å². The topological polar surface area (TPSA) is 80.7 Å². The van der Waals surface area contributed by atoms with E-state index >= 15 is 0 Å². The van der Waals surface area contributed by atoms with E-state index in [2.05, 4.69) is 24.1 Å². The van der Waals surface area contributed by atoms with E-state index in [0.717, 1.165) is 16.8 Å². The Morgan fingerprint density at radius 2 is 2.15 bits per heavy atom. The third kappa shape index (κ3) is 6.19. The molecule has 2 aromatic rings. The third-order valence-corrected chi connectivity index (χ3v) is 5.23. The van der Waals surface area contributed by atoms with Crippen molar-refractivity contribution in [3.63, 3.8) is 0 Å². The molecule has 0 saturated carbocycles. The third-order valence-electron chi connectivity index (χ3n) is 4.07. The van der Waals surface area contributed by atoms with Gasteiger partial charge in [0, 0.05) is 30.0 Å². The number of aliphatic hydroxyl groups excluding tert-OH is 1. The maximum atomic E-state index is 10.4. The summed E-state index contributed by atoms with van der Waals surface area (Å²) in [7, 11) is 1.57. The second kappa shape index (κ2) is 10.2. The number of rotatable bonds is 10. The van der Waals surface area contributed by atoms with Crippen LogP contribution in [0.5, 0.6) is 11.5 Å². The van der Waals surface area contributed by atoms with Gasteiger partial charge in [-0.3, -0.25) is 0 Å². The molecular formula is C20H26N2O4S. The zero-order valence-electron chi connectivity index (χ0n) is 16.1. The monoisotopic (exact) mass is 390 g/mol. The average molecular weight is 391 g/mol. The van der Waals surface area contributed by atoms with Crippen molar-refractivity contribution in [2.24, 2.45) is 0 Å². The standard InChI is InChI=1S/C20H26N2O4S/c1-13(2)20-22-17(12-27-20)18(24)11-21-14(3)9-15-5-6-16(25-4)10-19(15)26-8-7-23/h5-6,8,10,12-14,18,21,24H,9,11H2,1-4H3. The van der Waals surface area contributed by atoms with Crippen LogP contribution in [0.2, 0.25) is 0 Å². The molecule has 1 aromatic heterocycles. The minimum atomic E-state index is -0.652. The molecule has 1 heterocycles. The molecule has 0 aliphatic carbocycles. The number of thiazole rings is 1. The van der Waals surface area contributed by atoms with Gasteiger partial charge in [0.2, 0.25) is 0 Å². The molecule has 0 aliphatic rings. The number of aliphatic hydroxyl groups is 1. The Kier molecular flexibility index (Phi) is 8.00.